The van der Waals surface area contributed by atoms with E-state index in [9.17, 15) is 9.90 Å². The molecular weight excluding hydrogens is 308 g/mol. The summed E-state index contributed by atoms with van der Waals surface area (Å²) in [7, 11) is 1.58. The number of ether oxygens (including phenoxy) is 1. The van der Waals surface area contributed by atoms with Crippen molar-refractivity contribution < 1.29 is 14.6 Å². The second kappa shape index (κ2) is 6.41. The predicted molar refractivity (Wildman–Crippen MR) is 88.7 cm³/mol. The van der Waals surface area contributed by atoms with Gasteiger partial charge in [-0.25, -0.2) is 9.67 Å². The Hall–Kier alpha value is -3.35. The maximum absolute atomic E-state index is 12.3. The molecule has 2 N–H and O–H groups in total. The Labute approximate surface area is 138 Å². The van der Waals surface area contributed by atoms with E-state index in [1.165, 1.54) is 12.3 Å². The lowest BCUT2D eigenvalue weighted by molar-refractivity contribution is 0.102. The highest BCUT2D eigenvalue weighted by molar-refractivity contribution is 6.02. The lowest BCUT2D eigenvalue weighted by Gasteiger charge is -2.09. The molecule has 24 heavy (non-hydrogen) atoms. The number of aryl methyl sites for hydroxylation is 1. The molecule has 0 aliphatic rings. The SMILES string of the molecule is COc1ccc(C)cc1-n1ccc(C(=O)Nc2ncccc2O)n1. The van der Waals surface area contributed by atoms with Crippen LogP contribution in [0.15, 0.2) is 48.8 Å². The van der Waals surface area contributed by atoms with Crippen LogP contribution in [0, 0.1) is 6.92 Å². The van der Waals surface area contributed by atoms with Crippen molar-refractivity contribution >= 4 is 11.7 Å². The monoisotopic (exact) mass is 324 g/mol. The summed E-state index contributed by atoms with van der Waals surface area (Å²) in [6.45, 7) is 1.96. The third kappa shape index (κ3) is 3.05. The van der Waals surface area contributed by atoms with Crippen molar-refractivity contribution in [1.29, 1.82) is 0 Å². The van der Waals surface area contributed by atoms with Gasteiger partial charge in [-0.15, -0.1) is 0 Å². The number of anilines is 1. The van der Waals surface area contributed by atoms with Gasteiger partial charge in [-0.3, -0.25) is 4.79 Å². The molecule has 1 aromatic carbocycles. The van der Waals surface area contributed by atoms with Gasteiger partial charge in [-0.05, 0) is 42.8 Å². The van der Waals surface area contributed by atoms with Gasteiger partial charge >= 0.3 is 0 Å². The van der Waals surface area contributed by atoms with Crippen LogP contribution >= 0.6 is 0 Å². The fourth-order valence-electron chi connectivity index (χ4n) is 2.22. The number of rotatable bonds is 4. The number of pyridine rings is 1. The largest absolute Gasteiger partial charge is 0.504 e. The van der Waals surface area contributed by atoms with Crippen molar-refractivity contribution in [2.75, 3.05) is 12.4 Å². The molecule has 1 amide bonds. The lowest BCUT2D eigenvalue weighted by Crippen LogP contribution is -2.14. The average Bonchev–Trinajstić information content (AvgIpc) is 3.07. The molecule has 0 radical (unpaired) electrons. The van der Waals surface area contributed by atoms with Crippen LogP contribution in [0.5, 0.6) is 11.5 Å². The van der Waals surface area contributed by atoms with Crippen LogP contribution in [0.2, 0.25) is 0 Å². The third-order valence-electron chi connectivity index (χ3n) is 3.42. The number of aromatic nitrogens is 3. The van der Waals surface area contributed by atoms with E-state index in [0.29, 0.717) is 5.75 Å². The van der Waals surface area contributed by atoms with Crippen molar-refractivity contribution in [3.05, 3.63) is 60.0 Å². The Balaban J connectivity index is 1.87. The molecule has 7 heteroatoms. The smallest absolute Gasteiger partial charge is 0.277 e. The summed E-state index contributed by atoms with van der Waals surface area (Å²) in [5, 5.41) is 16.5. The van der Waals surface area contributed by atoms with Gasteiger partial charge in [0, 0.05) is 12.4 Å². The summed E-state index contributed by atoms with van der Waals surface area (Å²) >= 11 is 0. The van der Waals surface area contributed by atoms with Crippen LogP contribution < -0.4 is 10.1 Å². The Bertz CT molecular complexity index is 889. The summed E-state index contributed by atoms with van der Waals surface area (Å²) < 4.78 is 6.90. The first kappa shape index (κ1) is 15.5. The first-order chi connectivity index (χ1) is 11.6. The minimum Gasteiger partial charge on any atom is -0.504 e. The molecule has 0 saturated carbocycles. The number of benzene rings is 1. The summed E-state index contributed by atoms with van der Waals surface area (Å²) in [6, 6.07) is 10.3. The highest BCUT2D eigenvalue weighted by Gasteiger charge is 2.14. The van der Waals surface area contributed by atoms with Gasteiger partial charge in [0.05, 0.1) is 7.11 Å². The number of hydrogen-bond donors (Lipinski definition) is 2. The number of nitrogens with zero attached hydrogens (tertiary/aromatic N) is 3. The standard InChI is InChI=1S/C17H16N4O3/c1-11-5-6-15(24-2)13(10-11)21-9-7-12(20-21)17(23)19-16-14(22)4-3-8-18-16/h3-10,22H,1-2H3,(H,18,19,23). The second-order valence-electron chi connectivity index (χ2n) is 5.15. The molecule has 0 bridgehead atoms. The molecular formula is C17H16N4O3. The summed E-state index contributed by atoms with van der Waals surface area (Å²) in [5.74, 6) is 0.170. The van der Waals surface area contributed by atoms with Gasteiger partial charge in [0.15, 0.2) is 17.3 Å². The average molecular weight is 324 g/mol. The van der Waals surface area contributed by atoms with E-state index >= 15 is 0 Å². The fourth-order valence-corrected chi connectivity index (χ4v) is 2.22. The van der Waals surface area contributed by atoms with Crippen molar-refractivity contribution in [2.24, 2.45) is 0 Å². The molecule has 3 rings (SSSR count). The number of carbonyl (C=O) groups is 1. The number of hydrogen-bond acceptors (Lipinski definition) is 5. The van der Waals surface area contributed by atoms with Gasteiger partial charge in [-0.2, -0.15) is 5.10 Å². The Morgan fingerprint density at radius 3 is 2.88 bits per heavy atom. The predicted octanol–water partition coefficient (Wildman–Crippen LogP) is 2.54. The first-order valence-corrected chi connectivity index (χ1v) is 7.24. The van der Waals surface area contributed by atoms with Gasteiger partial charge in [0.2, 0.25) is 0 Å². The minimum atomic E-state index is -0.464. The normalized spacial score (nSPS) is 10.4. The zero-order chi connectivity index (χ0) is 17.1. The summed E-state index contributed by atoms with van der Waals surface area (Å²) in [5.41, 5.74) is 1.98. The molecule has 0 spiro atoms. The highest BCUT2D eigenvalue weighted by atomic mass is 16.5. The molecule has 3 aromatic rings. The Morgan fingerprint density at radius 1 is 1.29 bits per heavy atom. The van der Waals surface area contributed by atoms with Crippen LogP contribution in [-0.4, -0.2) is 32.9 Å². The zero-order valence-corrected chi connectivity index (χ0v) is 13.2. The molecule has 0 atom stereocenters. The molecule has 0 fully saturated rings. The van der Waals surface area contributed by atoms with E-state index in [-0.39, 0.29) is 17.3 Å². The number of methoxy groups -OCH3 is 1. The fraction of sp³-hybridized carbons (Fsp3) is 0.118. The maximum Gasteiger partial charge on any atom is 0.277 e. The summed E-state index contributed by atoms with van der Waals surface area (Å²) in [6.07, 6.45) is 3.15. The molecule has 0 saturated heterocycles. The Kier molecular flexibility index (Phi) is 4.15. The number of amides is 1. The van der Waals surface area contributed by atoms with Gasteiger partial charge in [0.1, 0.15) is 11.4 Å². The van der Waals surface area contributed by atoms with Crippen LogP contribution in [0.3, 0.4) is 0 Å². The highest BCUT2D eigenvalue weighted by Crippen LogP contribution is 2.24. The topological polar surface area (TPSA) is 89.3 Å². The third-order valence-corrected chi connectivity index (χ3v) is 3.42. The molecule has 0 aliphatic heterocycles. The van der Waals surface area contributed by atoms with E-state index in [1.807, 2.05) is 25.1 Å². The maximum atomic E-state index is 12.3. The molecule has 2 aromatic heterocycles. The Morgan fingerprint density at radius 2 is 2.12 bits per heavy atom. The van der Waals surface area contributed by atoms with Crippen LogP contribution in [0.1, 0.15) is 16.1 Å². The molecule has 0 unspecified atom stereocenters. The van der Waals surface area contributed by atoms with Crippen molar-refractivity contribution in [3.63, 3.8) is 0 Å². The van der Waals surface area contributed by atoms with Crippen LogP contribution in [0.4, 0.5) is 5.82 Å². The van der Waals surface area contributed by atoms with E-state index in [2.05, 4.69) is 15.4 Å². The molecule has 0 aliphatic carbocycles. The zero-order valence-electron chi connectivity index (χ0n) is 13.2. The van der Waals surface area contributed by atoms with Crippen LogP contribution in [0.25, 0.3) is 5.69 Å². The lowest BCUT2D eigenvalue weighted by atomic mass is 10.2. The molecule has 7 nitrogen and oxygen atoms in total. The number of aromatic hydroxyl groups is 1. The van der Waals surface area contributed by atoms with E-state index in [1.54, 1.807) is 30.1 Å². The van der Waals surface area contributed by atoms with Crippen molar-refractivity contribution in [1.82, 2.24) is 14.8 Å². The van der Waals surface area contributed by atoms with Gasteiger partial charge < -0.3 is 15.2 Å². The minimum absolute atomic E-state index is 0.0881. The van der Waals surface area contributed by atoms with E-state index < -0.39 is 5.91 Å². The quantitative estimate of drug-likeness (QED) is 0.770. The van der Waals surface area contributed by atoms with Gasteiger partial charge in [0.25, 0.3) is 5.91 Å². The number of carbonyl (C=O) groups excluding carboxylic acids is 1. The van der Waals surface area contributed by atoms with Gasteiger partial charge in [-0.1, -0.05) is 6.07 Å². The van der Waals surface area contributed by atoms with E-state index in [0.717, 1.165) is 11.3 Å². The summed E-state index contributed by atoms with van der Waals surface area (Å²) in [4.78, 5) is 16.2. The van der Waals surface area contributed by atoms with Crippen LogP contribution in [-0.2, 0) is 0 Å². The second-order valence-corrected chi connectivity index (χ2v) is 5.15. The molecule has 2 heterocycles. The van der Waals surface area contributed by atoms with Crippen molar-refractivity contribution in [2.45, 2.75) is 6.92 Å². The van der Waals surface area contributed by atoms with Crippen molar-refractivity contribution in [3.8, 4) is 17.2 Å². The number of nitrogens with one attached hydrogen (secondary N) is 1. The first-order valence-electron chi connectivity index (χ1n) is 7.24. The van der Waals surface area contributed by atoms with E-state index in [4.69, 9.17) is 4.74 Å². The molecule has 122 valence electrons.